The SMILES string of the molecule is CCNC(=O)NC(C)Cc1cccc(C(F)(F)F)c1. The second-order valence-corrected chi connectivity index (χ2v) is 4.31. The predicted octanol–water partition coefficient (Wildman–Crippen LogP) is 2.96. The maximum atomic E-state index is 12.5. The number of carbonyl (C=O) groups is 1. The molecule has 0 saturated heterocycles. The van der Waals surface area contributed by atoms with Gasteiger partial charge in [0, 0.05) is 12.6 Å². The van der Waals surface area contributed by atoms with Crippen LogP contribution in [-0.4, -0.2) is 18.6 Å². The average Bonchev–Trinajstić information content (AvgIpc) is 2.28. The summed E-state index contributed by atoms with van der Waals surface area (Å²) >= 11 is 0. The van der Waals surface area contributed by atoms with Crippen LogP contribution in [0.4, 0.5) is 18.0 Å². The van der Waals surface area contributed by atoms with E-state index in [1.54, 1.807) is 19.9 Å². The lowest BCUT2D eigenvalue weighted by atomic mass is 10.0. The molecule has 2 amide bonds. The number of hydrogen-bond acceptors (Lipinski definition) is 1. The van der Waals surface area contributed by atoms with E-state index >= 15 is 0 Å². The van der Waals surface area contributed by atoms with Crippen LogP contribution in [0.3, 0.4) is 0 Å². The zero-order chi connectivity index (χ0) is 14.5. The zero-order valence-corrected chi connectivity index (χ0v) is 10.8. The third kappa shape index (κ3) is 5.19. The van der Waals surface area contributed by atoms with Gasteiger partial charge >= 0.3 is 12.2 Å². The predicted molar refractivity (Wildman–Crippen MR) is 66.8 cm³/mol. The van der Waals surface area contributed by atoms with Gasteiger partial charge in [-0.25, -0.2) is 4.79 Å². The molecule has 0 aliphatic heterocycles. The Labute approximate surface area is 110 Å². The van der Waals surface area contributed by atoms with Gasteiger partial charge in [-0.15, -0.1) is 0 Å². The minimum Gasteiger partial charge on any atom is -0.338 e. The monoisotopic (exact) mass is 274 g/mol. The van der Waals surface area contributed by atoms with Gasteiger partial charge in [0.15, 0.2) is 0 Å². The largest absolute Gasteiger partial charge is 0.416 e. The maximum Gasteiger partial charge on any atom is 0.416 e. The summed E-state index contributed by atoms with van der Waals surface area (Å²) < 4.78 is 37.6. The maximum absolute atomic E-state index is 12.5. The Morgan fingerprint density at radius 3 is 2.63 bits per heavy atom. The number of rotatable bonds is 4. The Morgan fingerprint density at radius 1 is 1.37 bits per heavy atom. The van der Waals surface area contributed by atoms with Crippen molar-refractivity contribution in [2.45, 2.75) is 32.5 Å². The highest BCUT2D eigenvalue weighted by molar-refractivity contribution is 5.74. The standard InChI is InChI=1S/C13H17F3N2O/c1-3-17-12(19)18-9(2)7-10-5-4-6-11(8-10)13(14,15)16/h4-6,8-9H,3,7H2,1-2H3,(H2,17,18,19). The highest BCUT2D eigenvalue weighted by atomic mass is 19.4. The summed E-state index contributed by atoms with van der Waals surface area (Å²) in [5, 5.41) is 5.22. The van der Waals surface area contributed by atoms with Crippen molar-refractivity contribution >= 4 is 6.03 Å². The molecule has 1 unspecified atom stereocenters. The molecule has 0 heterocycles. The van der Waals surface area contributed by atoms with Gasteiger partial charge in [0.1, 0.15) is 0 Å². The Balaban J connectivity index is 2.64. The highest BCUT2D eigenvalue weighted by Crippen LogP contribution is 2.29. The molecule has 3 nitrogen and oxygen atoms in total. The number of benzene rings is 1. The lowest BCUT2D eigenvalue weighted by Gasteiger charge is -2.15. The number of halogens is 3. The van der Waals surface area contributed by atoms with Gasteiger partial charge in [0.25, 0.3) is 0 Å². The van der Waals surface area contributed by atoms with E-state index < -0.39 is 11.7 Å². The van der Waals surface area contributed by atoms with Gasteiger partial charge in [-0.2, -0.15) is 13.2 Å². The smallest absolute Gasteiger partial charge is 0.338 e. The molecule has 0 aromatic heterocycles. The summed E-state index contributed by atoms with van der Waals surface area (Å²) in [5.41, 5.74) is -0.130. The van der Waals surface area contributed by atoms with Crippen LogP contribution in [0.2, 0.25) is 0 Å². The van der Waals surface area contributed by atoms with Gasteiger partial charge in [-0.05, 0) is 31.9 Å². The van der Waals surface area contributed by atoms with Crippen LogP contribution < -0.4 is 10.6 Å². The molecule has 1 aromatic rings. The second-order valence-electron chi connectivity index (χ2n) is 4.31. The lowest BCUT2D eigenvalue weighted by Crippen LogP contribution is -2.41. The lowest BCUT2D eigenvalue weighted by molar-refractivity contribution is -0.137. The van der Waals surface area contributed by atoms with Crippen LogP contribution in [0.1, 0.15) is 25.0 Å². The van der Waals surface area contributed by atoms with Gasteiger partial charge in [-0.3, -0.25) is 0 Å². The van der Waals surface area contributed by atoms with E-state index in [1.165, 1.54) is 6.07 Å². The average molecular weight is 274 g/mol. The van der Waals surface area contributed by atoms with E-state index in [4.69, 9.17) is 0 Å². The second kappa shape index (κ2) is 6.45. The number of alkyl halides is 3. The first kappa shape index (κ1) is 15.3. The molecule has 1 atom stereocenters. The van der Waals surface area contributed by atoms with Crippen molar-refractivity contribution in [2.75, 3.05) is 6.54 Å². The summed E-state index contributed by atoms with van der Waals surface area (Å²) in [5.74, 6) is 0. The minimum absolute atomic E-state index is 0.241. The van der Waals surface area contributed by atoms with Gasteiger partial charge < -0.3 is 10.6 Å². The first-order chi connectivity index (χ1) is 8.82. The van der Waals surface area contributed by atoms with E-state index in [2.05, 4.69) is 10.6 Å². The topological polar surface area (TPSA) is 41.1 Å². The fourth-order valence-corrected chi connectivity index (χ4v) is 1.71. The Bertz CT molecular complexity index is 432. The Hall–Kier alpha value is -1.72. The molecule has 2 N–H and O–H groups in total. The van der Waals surface area contributed by atoms with Crippen LogP contribution in [0, 0.1) is 0 Å². The zero-order valence-electron chi connectivity index (χ0n) is 10.8. The molecule has 0 radical (unpaired) electrons. The number of carbonyl (C=O) groups excluding carboxylic acids is 1. The Kier molecular flexibility index (Phi) is 5.20. The minimum atomic E-state index is -4.34. The van der Waals surface area contributed by atoms with E-state index in [9.17, 15) is 18.0 Å². The molecule has 6 heteroatoms. The van der Waals surface area contributed by atoms with E-state index in [-0.39, 0.29) is 12.1 Å². The van der Waals surface area contributed by atoms with Crippen LogP contribution in [0.15, 0.2) is 24.3 Å². The number of hydrogen-bond donors (Lipinski definition) is 2. The molecule has 1 aromatic carbocycles. The molecule has 0 aliphatic carbocycles. The Morgan fingerprint density at radius 2 is 2.05 bits per heavy atom. The molecular weight excluding hydrogens is 257 g/mol. The highest BCUT2D eigenvalue weighted by Gasteiger charge is 2.30. The van der Waals surface area contributed by atoms with E-state index in [1.807, 2.05) is 0 Å². The number of nitrogens with one attached hydrogen (secondary N) is 2. The van der Waals surface area contributed by atoms with Crippen LogP contribution in [0.25, 0.3) is 0 Å². The third-order valence-corrected chi connectivity index (χ3v) is 2.51. The molecule has 106 valence electrons. The van der Waals surface area contributed by atoms with Crippen molar-refractivity contribution in [3.05, 3.63) is 35.4 Å². The van der Waals surface area contributed by atoms with E-state index in [0.717, 1.165) is 12.1 Å². The van der Waals surface area contributed by atoms with Crippen molar-refractivity contribution in [1.82, 2.24) is 10.6 Å². The van der Waals surface area contributed by atoms with Crippen molar-refractivity contribution in [1.29, 1.82) is 0 Å². The summed E-state index contributed by atoms with van der Waals surface area (Å²) in [6, 6.07) is 4.57. The quantitative estimate of drug-likeness (QED) is 0.870. The van der Waals surface area contributed by atoms with Crippen LogP contribution in [0.5, 0.6) is 0 Å². The molecule has 1 rings (SSSR count). The van der Waals surface area contributed by atoms with Gasteiger partial charge in [-0.1, -0.05) is 18.2 Å². The summed E-state index contributed by atoms with van der Waals surface area (Å²) in [4.78, 5) is 11.3. The first-order valence-corrected chi connectivity index (χ1v) is 6.03. The first-order valence-electron chi connectivity index (χ1n) is 6.03. The summed E-state index contributed by atoms with van der Waals surface area (Å²) in [7, 11) is 0. The molecule has 0 aliphatic rings. The fraction of sp³-hybridized carbons (Fsp3) is 0.462. The van der Waals surface area contributed by atoms with Crippen molar-refractivity contribution in [3.63, 3.8) is 0 Å². The molecular formula is C13H17F3N2O. The third-order valence-electron chi connectivity index (χ3n) is 2.51. The van der Waals surface area contributed by atoms with Gasteiger partial charge in [0.05, 0.1) is 5.56 Å². The molecule has 0 fully saturated rings. The number of urea groups is 1. The van der Waals surface area contributed by atoms with Crippen molar-refractivity contribution < 1.29 is 18.0 Å². The summed E-state index contributed by atoms with van der Waals surface area (Å²) in [6.07, 6.45) is -3.99. The summed E-state index contributed by atoms with van der Waals surface area (Å²) in [6.45, 7) is 4.04. The molecule has 19 heavy (non-hydrogen) atoms. The van der Waals surface area contributed by atoms with Crippen molar-refractivity contribution in [2.24, 2.45) is 0 Å². The number of amides is 2. The molecule has 0 spiro atoms. The van der Waals surface area contributed by atoms with E-state index in [0.29, 0.717) is 18.5 Å². The van der Waals surface area contributed by atoms with Crippen molar-refractivity contribution in [3.8, 4) is 0 Å². The van der Waals surface area contributed by atoms with Crippen LogP contribution in [-0.2, 0) is 12.6 Å². The molecule has 0 bridgehead atoms. The molecule has 0 saturated carbocycles. The fourth-order valence-electron chi connectivity index (χ4n) is 1.71. The normalized spacial score (nSPS) is 12.9. The van der Waals surface area contributed by atoms with Crippen LogP contribution >= 0.6 is 0 Å². The van der Waals surface area contributed by atoms with Gasteiger partial charge in [0.2, 0.25) is 0 Å².